The zero-order valence-corrected chi connectivity index (χ0v) is 13.5. The zero-order chi connectivity index (χ0) is 15.6. The Kier molecular flexibility index (Phi) is 4.56. The average Bonchev–Trinajstić information content (AvgIpc) is 3.04. The molecule has 1 N–H and O–H groups in total. The van der Waals surface area contributed by atoms with Crippen LogP contribution in [0.5, 0.6) is 0 Å². The van der Waals surface area contributed by atoms with E-state index in [-0.39, 0.29) is 12.1 Å². The summed E-state index contributed by atoms with van der Waals surface area (Å²) < 4.78 is 0. The number of aliphatic carboxylic acids is 1. The molecule has 1 aromatic heterocycles. The lowest BCUT2D eigenvalue weighted by atomic mass is 9.99. The second-order valence-electron chi connectivity index (χ2n) is 5.92. The van der Waals surface area contributed by atoms with E-state index >= 15 is 0 Å². The minimum atomic E-state index is -1.08. The van der Waals surface area contributed by atoms with Crippen molar-refractivity contribution in [1.82, 2.24) is 9.80 Å². The molecule has 0 spiro atoms. The monoisotopic (exact) mass is 310 g/mol. The van der Waals surface area contributed by atoms with Crippen molar-refractivity contribution in [3.05, 3.63) is 22.4 Å². The highest BCUT2D eigenvalue weighted by Gasteiger charge is 2.47. The summed E-state index contributed by atoms with van der Waals surface area (Å²) in [5.74, 6) is -0.923. The van der Waals surface area contributed by atoms with Gasteiger partial charge in [0.1, 0.15) is 5.54 Å². The maximum Gasteiger partial charge on any atom is 0.329 e. The molecule has 6 heteroatoms. The Balaban J connectivity index is 2.20. The first-order valence-electron chi connectivity index (χ1n) is 7.20. The maximum absolute atomic E-state index is 12.8. The second kappa shape index (κ2) is 6.05. The van der Waals surface area contributed by atoms with E-state index < -0.39 is 11.5 Å². The molecule has 1 aliphatic rings. The molecule has 0 saturated carbocycles. The molecule has 1 unspecified atom stereocenters. The van der Waals surface area contributed by atoms with Crippen LogP contribution in [0, 0.1) is 0 Å². The van der Waals surface area contributed by atoms with Crippen LogP contribution in [0.2, 0.25) is 0 Å². The lowest BCUT2D eigenvalue weighted by Crippen LogP contribution is -2.56. The van der Waals surface area contributed by atoms with E-state index in [1.807, 2.05) is 31.4 Å². The highest BCUT2D eigenvalue weighted by Crippen LogP contribution is 2.31. The molecule has 2 amide bonds. The molecule has 2 rings (SSSR count). The molecule has 1 saturated heterocycles. The smallest absolute Gasteiger partial charge is 0.329 e. The highest BCUT2D eigenvalue weighted by molar-refractivity contribution is 7.09. The number of rotatable bonds is 4. The number of hydrogen-bond donors (Lipinski definition) is 1. The fraction of sp³-hybridized carbons (Fsp3) is 0.600. The van der Waals surface area contributed by atoms with E-state index in [4.69, 9.17) is 0 Å². The van der Waals surface area contributed by atoms with Gasteiger partial charge in [-0.3, -0.25) is 0 Å². The first-order valence-corrected chi connectivity index (χ1v) is 8.08. The van der Waals surface area contributed by atoms with Crippen molar-refractivity contribution in [3.8, 4) is 0 Å². The van der Waals surface area contributed by atoms with Crippen molar-refractivity contribution < 1.29 is 14.7 Å². The highest BCUT2D eigenvalue weighted by atomic mass is 32.1. The summed E-state index contributed by atoms with van der Waals surface area (Å²) in [5.41, 5.74) is -1.08. The first-order chi connectivity index (χ1) is 9.86. The summed E-state index contributed by atoms with van der Waals surface area (Å²) in [7, 11) is 0. The van der Waals surface area contributed by atoms with Crippen molar-refractivity contribution in [2.24, 2.45) is 0 Å². The topological polar surface area (TPSA) is 60.9 Å². The molecular weight excluding hydrogens is 288 g/mol. The van der Waals surface area contributed by atoms with Crippen molar-refractivity contribution >= 4 is 23.3 Å². The van der Waals surface area contributed by atoms with Crippen LogP contribution in [0.4, 0.5) is 4.79 Å². The summed E-state index contributed by atoms with van der Waals surface area (Å²) in [6.45, 7) is 6.60. The van der Waals surface area contributed by atoms with Gasteiger partial charge >= 0.3 is 12.0 Å². The molecule has 1 aliphatic heterocycles. The summed E-state index contributed by atoms with van der Waals surface area (Å²) in [6, 6.07) is 3.80. The van der Waals surface area contributed by atoms with Gasteiger partial charge in [0.15, 0.2) is 0 Å². The van der Waals surface area contributed by atoms with E-state index in [1.54, 1.807) is 23.2 Å². The van der Waals surface area contributed by atoms with Gasteiger partial charge in [0.05, 0.1) is 6.54 Å². The van der Waals surface area contributed by atoms with Gasteiger partial charge < -0.3 is 14.9 Å². The van der Waals surface area contributed by atoms with Crippen LogP contribution < -0.4 is 0 Å². The normalized spacial score (nSPS) is 21.8. The molecular formula is C15H22N2O3S. The number of carboxylic acids is 1. The van der Waals surface area contributed by atoms with E-state index in [1.165, 1.54) is 4.90 Å². The first kappa shape index (κ1) is 15.8. The molecule has 1 aromatic rings. The summed E-state index contributed by atoms with van der Waals surface area (Å²) in [4.78, 5) is 28.7. The van der Waals surface area contributed by atoms with Crippen LogP contribution in [0.3, 0.4) is 0 Å². The molecule has 0 bridgehead atoms. The van der Waals surface area contributed by atoms with Gasteiger partial charge in [-0.05, 0) is 45.1 Å². The van der Waals surface area contributed by atoms with Crippen molar-refractivity contribution in [3.63, 3.8) is 0 Å². The van der Waals surface area contributed by atoms with Crippen molar-refractivity contribution in [2.75, 3.05) is 6.54 Å². The van der Waals surface area contributed by atoms with Crippen molar-refractivity contribution in [2.45, 2.75) is 51.7 Å². The van der Waals surface area contributed by atoms with Crippen LogP contribution in [-0.4, -0.2) is 45.0 Å². The molecule has 1 atom stereocenters. The van der Waals surface area contributed by atoms with Crippen LogP contribution >= 0.6 is 11.3 Å². The molecule has 0 radical (unpaired) electrons. The number of hydrogen-bond acceptors (Lipinski definition) is 3. The molecule has 5 nitrogen and oxygen atoms in total. The molecule has 21 heavy (non-hydrogen) atoms. The lowest BCUT2D eigenvalue weighted by molar-refractivity contribution is -0.147. The van der Waals surface area contributed by atoms with Gasteiger partial charge in [0.25, 0.3) is 0 Å². The Morgan fingerprint density at radius 2 is 2.24 bits per heavy atom. The van der Waals surface area contributed by atoms with Crippen LogP contribution in [0.25, 0.3) is 0 Å². The summed E-state index contributed by atoms with van der Waals surface area (Å²) in [5, 5.41) is 11.4. The Hall–Kier alpha value is -1.56. The second-order valence-corrected chi connectivity index (χ2v) is 6.95. The average molecular weight is 310 g/mol. The number of nitrogens with zero attached hydrogens (tertiary/aromatic N) is 2. The number of carbonyl (C=O) groups is 2. The number of urea groups is 1. The molecule has 116 valence electrons. The quantitative estimate of drug-likeness (QED) is 0.930. The predicted molar refractivity (Wildman–Crippen MR) is 82.4 cm³/mol. The van der Waals surface area contributed by atoms with Gasteiger partial charge in [-0.15, -0.1) is 11.3 Å². The number of carboxylic acid groups (broad SMARTS) is 1. The largest absolute Gasteiger partial charge is 0.480 e. The number of carbonyl (C=O) groups excluding carboxylic acids is 1. The summed E-state index contributed by atoms with van der Waals surface area (Å²) >= 11 is 1.61. The standard InChI is InChI=1S/C15H22N2O3S/c1-11(2)16(10-12-6-4-9-21-12)14(20)17-8-5-7-15(17,3)13(18)19/h4,6,9,11H,5,7-8,10H2,1-3H3,(H,18,19). The lowest BCUT2D eigenvalue weighted by Gasteiger charge is -2.37. The van der Waals surface area contributed by atoms with E-state index in [9.17, 15) is 14.7 Å². The van der Waals surface area contributed by atoms with Crippen LogP contribution in [0.15, 0.2) is 17.5 Å². The van der Waals surface area contributed by atoms with E-state index in [0.717, 1.165) is 11.3 Å². The molecule has 1 fully saturated rings. The molecule has 0 aliphatic carbocycles. The van der Waals surface area contributed by atoms with Gasteiger partial charge in [-0.1, -0.05) is 6.07 Å². The zero-order valence-electron chi connectivity index (χ0n) is 12.7. The predicted octanol–water partition coefficient (Wildman–Crippen LogP) is 3.02. The molecule has 2 heterocycles. The SMILES string of the molecule is CC(C)N(Cc1cccs1)C(=O)N1CCCC1(C)C(=O)O. The number of likely N-dealkylation sites (tertiary alicyclic amines) is 1. The van der Waals surface area contributed by atoms with Crippen molar-refractivity contribution in [1.29, 1.82) is 0 Å². The van der Waals surface area contributed by atoms with Gasteiger partial charge in [-0.25, -0.2) is 9.59 Å². The fourth-order valence-electron chi connectivity index (χ4n) is 2.69. The number of amides is 2. The third kappa shape index (κ3) is 3.05. The molecule has 0 aromatic carbocycles. The number of thiophene rings is 1. The van der Waals surface area contributed by atoms with Crippen LogP contribution in [-0.2, 0) is 11.3 Å². The Bertz CT molecular complexity index is 515. The minimum absolute atomic E-state index is 0.0262. The van der Waals surface area contributed by atoms with Gasteiger partial charge in [-0.2, -0.15) is 0 Å². The van der Waals surface area contributed by atoms with Gasteiger partial charge in [0, 0.05) is 17.5 Å². The van der Waals surface area contributed by atoms with E-state index in [2.05, 4.69) is 0 Å². The van der Waals surface area contributed by atoms with Crippen LogP contribution in [0.1, 0.15) is 38.5 Å². The van der Waals surface area contributed by atoms with Gasteiger partial charge in [0.2, 0.25) is 0 Å². The van der Waals surface area contributed by atoms with E-state index in [0.29, 0.717) is 19.5 Å². The Morgan fingerprint density at radius 1 is 1.52 bits per heavy atom. The minimum Gasteiger partial charge on any atom is -0.480 e. The maximum atomic E-state index is 12.8. The third-order valence-electron chi connectivity index (χ3n) is 4.11. The Labute approximate surface area is 129 Å². The third-order valence-corrected chi connectivity index (χ3v) is 4.97. The Morgan fingerprint density at radius 3 is 2.76 bits per heavy atom. The fourth-order valence-corrected chi connectivity index (χ4v) is 3.39. The summed E-state index contributed by atoms with van der Waals surface area (Å²) in [6.07, 6.45) is 1.25.